The number of ether oxygens (including phenoxy) is 1. The molecule has 2 N–H and O–H groups in total. The van der Waals surface area contributed by atoms with Crippen molar-refractivity contribution in [3.05, 3.63) is 23.9 Å². The van der Waals surface area contributed by atoms with Crippen LogP contribution in [-0.4, -0.2) is 36.5 Å². The van der Waals surface area contributed by atoms with Crippen LogP contribution in [0.1, 0.15) is 37.7 Å². The van der Waals surface area contributed by atoms with Gasteiger partial charge in [-0.1, -0.05) is 6.42 Å². The van der Waals surface area contributed by atoms with Gasteiger partial charge in [0.2, 0.25) is 5.88 Å². The first-order valence-electron chi connectivity index (χ1n) is 8.41. The average Bonchev–Trinajstić information content (AvgIpc) is 2.52. The Morgan fingerprint density at radius 2 is 2.25 bits per heavy atom. The van der Waals surface area contributed by atoms with E-state index in [9.17, 15) is 13.6 Å². The Bertz CT molecular complexity index is 573. The molecular weight excluding hydrogens is 316 g/mol. The fourth-order valence-electron chi connectivity index (χ4n) is 3.45. The highest BCUT2D eigenvalue weighted by Crippen LogP contribution is 2.55. The maximum Gasteiger partial charge on any atom is 0.315 e. The van der Waals surface area contributed by atoms with Crippen LogP contribution in [0, 0.1) is 5.41 Å². The second kappa shape index (κ2) is 7.32. The highest BCUT2D eigenvalue weighted by molar-refractivity contribution is 5.74. The Hall–Kier alpha value is -1.92. The molecule has 24 heavy (non-hydrogen) atoms. The number of nitrogens with one attached hydrogen (secondary N) is 2. The second-order valence-electron chi connectivity index (χ2n) is 6.85. The summed E-state index contributed by atoms with van der Waals surface area (Å²) in [6.45, 7) is -1.13. The van der Waals surface area contributed by atoms with E-state index in [1.807, 2.05) is 0 Å². The molecule has 1 unspecified atom stereocenters. The van der Waals surface area contributed by atoms with Gasteiger partial charge in [0.1, 0.15) is 13.3 Å². The summed E-state index contributed by atoms with van der Waals surface area (Å²) in [6.07, 6.45) is 5.96. The van der Waals surface area contributed by atoms with Gasteiger partial charge < -0.3 is 15.4 Å². The zero-order chi connectivity index (χ0) is 17.0. The summed E-state index contributed by atoms with van der Waals surface area (Å²) in [6, 6.07) is 3.44. The van der Waals surface area contributed by atoms with Crippen LogP contribution >= 0.6 is 0 Å². The largest absolute Gasteiger partial charge is 0.474 e. The number of hydrogen-bond donors (Lipinski definition) is 2. The molecule has 1 atom stereocenters. The minimum atomic E-state index is -1.65. The molecule has 1 spiro atoms. The number of pyridine rings is 1. The van der Waals surface area contributed by atoms with Gasteiger partial charge in [-0.25, -0.2) is 18.6 Å². The molecule has 5 nitrogen and oxygen atoms in total. The molecule has 2 saturated carbocycles. The van der Waals surface area contributed by atoms with Gasteiger partial charge in [0.25, 0.3) is 0 Å². The lowest BCUT2D eigenvalue weighted by atomic mass is 9.54. The molecule has 0 radical (unpaired) electrons. The van der Waals surface area contributed by atoms with Crippen molar-refractivity contribution in [2.45, 2.75) is 50.9 Å². The van der Waals surface area contributed by atoms with Gasteiger partial charge in [-0.15, -0.1) is 0 Å². The number of urea groups is 1. The average molecular weight is 339 g/mol. The Kier molecular flexibility index (Phi) is 5.16. The van der Waals surface area contributed by atoms with Crippen LogP contribution in [0.25, 0.3) is 0 Å². The fourth-order valence-corrected chi connectivity index (χ4v) is 3.45. The number of nitrogens with zero attached hydrogens (tertiary/aromatic N) is 1. The molecule has 2 aliphatic carbocycles. The highest BCUT2D eigenvalue weighted by Gasteiger charge is 2.48. The lowest BCUT2D eigenvalue weighted by Gasteiger charge is -2.54. The lowest BCUT2D eigenvalue weighted by Crippen LogP contribution is -2.55. The summed E-state index contributed by atoms with van der Waals surface area (Å²) in [5, 5.41) is 5.78. The lowest BCUT2D eigenvalue weighted by molar-refractivity contribution is 0.00225. The predicted octanol–water partition coefficient (Wildman–Crippen LogP) is 2.90. The summed E-state index contributed by atoms with van der Waals surface area (Å²) < 4.78 is 30.0. The predicted molar refractivity (Wildman–Crippen MR) is 85.3 cm³/mol. The molecule has 2 amide bonds. The van der Waals surface area contributed by atoms with Crippen LogP contribution in [0.3, 0.4) is 0 Å². The van der Waals surface area contributed by atoms with Crippen molar-refractivity contribution < 1.29 is 18.3 Å². The molecule has 132 valence electrons. The molecule has 1 heterocycles. The van der Waals surface area contributed by atoms with Crippen molar-refractivity contribution in [2.75, 3.05) is 13.3 Å². The molecule has 0 bridgehead atoms. The maximum atomic E-state index is 12.8. The van der Waals surface area contributed by atoms with Crippen molar-refractivity contribution in [2.24, 2.45) is 5.41 Å². The van der Waals surface area contributed by atoms with Gasteiger partial charge in [0.15, 0.2) is 6.17 Å². The first-order valence-corrected chi connectivity index (χ1v) is 8.41. The molecule has 3 rings (SSSR count). The van der Waals surface area contributed by atoms with Gasteiger partial charge in [0.05, 0.1) is 0 Å². The zero-order valence-corrected chi connectivity index (χ0v) is 13.6. The minimum Gasteiger partial charge on any atom is -0.474 e. The molecule has 2 fully saturated rings. The van der Waals surface area contributed by atoms with Crippen molar-refractivity contribution in [3.63, 3.8) is 0 Å². The van der Waals surface area contributed by atoms with Crippen LogP contribution in [0.4, 0.5) is 13.6 Å². The summed E-state index contributed by atoms with van der Waals surface area (Å²) in [5.74, 6) is 0.219. The van der Waals surface area contributed by atoms with Crippen LogP contribution in [0.5, 0.6) is 5.88 Å². The standard InChI is InChI=1S/C17H23F2N3O2/c18-9-13(19)11-24-15-6-12(2-5-20-15)10-21-16(23)22-14-7-17(8-14)3-1-4-17/h2,5-6,13-14H,1,3-4,7-11H2,(H2,21,22,23). The van der Waals surface area contributed by atoms with E-state index in [1.165, 1.54) is 25.5 Å². The summed E-state index contributed by atoms with van der Waals surface area (Å²) >= 11 is 0. The first-order chi connectivity index (χ1) is 11.6. The van der Waals surface area contributed by atoms with Crippen molar-refractivity contribution in [1.82, 2.24) is 15.6 Å². The van der Waals surface area contributed by atoms with Gasteiger partial charge in [-0.2, -0.15) is 0 Å². The van der Waals surface area contributed by atoms with Crippen LogP contribution in [0.2, 0.25) is 0 Å². The quantitative estimate of drug-likeness (QED) is 0.803. The van der Waals surface area contributed by atoms with Crippen molar-refractivity contribution in [1.29, 1.82) is 0 Å². The third-order valence-electron chi connectivity index (χ3n) is 4.94. The van der Waals surface area contributed by atoms with Crippen LogP contribution in [-0.2, 0) is 6.54 Å². The molecule has 1 aromatic rings. The number of rotatable bonds is 7. The molecule has 0 aromatic carbocycles. The van der Waals surface area contributed by atoms with Gasteiger partial charge in [0, 0.05) is 24.8 Å². The topological polar surface area (TPSA) is 63.2 Å². The smallest absolute Gasteiger partial charge is 0.315 e. The highest BCUT2D eigenvalue weighted by atomic mass is 19.2. The number of hydrogen-bond acceptors (Lipinski definition) is 3. The van der Waals surface area contributed by atoms with E-state index >= 15 is 0 Å². The molecule has 2 aliphatic rings. The molecule has 7 heteroatoms. The van der Waals surface area contributed by atoms with Gasteiger partial charge in [-0.05, 0) is 42.7 Å². The maximum absolute atomic E-state index is 12.8. The summed E-state index contributed by atoms with van der Waals surface area (Å²) in [7, 11) is 0. The monoisotopic (exact) mass is 339 g/mol. The Balaban J connectivity index is 1.38. The Labute approximate surface area is 140 Å². The number of amides is 2. The van der Waals surface area contributed by atoms with Crippen LogP contribution < -0.4 is 15.4 Å². The number of carbonyl (C=O) groups is 1. The minimum absolute atomic E-state index is 0.185. The van der Waals surface area contributed by atoms with E-state index in [4.69, 9.17) is 4.74 Å². The molecule has 0 aliphatic heterocycles. The van der Waals surface area contributed by atoms with Crippen molar-refractivity contribution in [3.8, 4) is 5.88 Å². The SMILES string of the molecule is O=C(NCc1ccnc(OCC(F)CF)c1)NC1CC2(CCC2)C1. The summed E-state index contributed by atoms with van der Waals surface area (Å²) in [4.78, 5) is 15.9. The van der Waals surface area contributed by atoms with E-state index in [2.05, 4.69) is 15.6 Å². The Morgan fingerprint density at radius 1 is 1.46 bits per heavy atom. The third kappa shape index (κ3) is 4.13. The normalized spacial score (nSPS) is 19.9. The first kappa shape index (κ1) is 16.9. The Morgan fingerprint density at radius 3 is 2.92 bits per heavy atom. The zero-order valence-electron chi connectivity index (χ0n) is 13.6. The van der Waals surface area contributed by atoms with E-state index in [0.717, 1.165) is 18.4 Å². The third-order valence-corrected chi connectivity index (χ3v) is 4.94. The van der Waals surface area contributed by atoms with Crippen LogP contribution in [0.15, 0.2) is 18.3 Å². The van der Waals surface area contributed by atoms with Crippen molar-refractivity contribution >= 4 is 6.03 Å². The molecule has 0 saturated heterocycles. The number of halogens is 2. The fraction of sp³-hybridized carbons (Fsp3) is 0.647. The number of alkyl halides is 2. The number of aromatic nitrogens is 1. The van der Waals surface area contributed by atoms with Gasteiger partial charge in [-0.3, -0.25) is 0 Å². The van der Waals surface area contributed by atoms with E-state index in [1.54, 1.807) is 12.1 Å². The number of carbonyl (C=O) groups excluding carboxylic acids is 1. The molecular formula is C17H23F2N3O2. The van der Waals surface area contributed by atoms with E-state index < -0.39 is 12.8 Å². The second-order valence-corrected chi connectivity index (χ2v) is 6.85. The van der Waals surface area contributed by atoms with Gasteiger partial charge >= 0.3 is 6.03 Å². The van der Waals surface area contributed by atoms with E-state index in [-0.39, 0.29) is 24.6 Å². The van der Waals surface area contributed by atoms with E-state index in [0.29, 0.717) is 12.0 Å². The summed E-state index contributed by atoms with van der Waals surface area (Å²) in [5.41, 5.74) is 1.32. The molecule has 1 aromatic heterocycles.